The number of aryl methyl sites for hydroxylation is 1. The minimum absolute atomic E-state index is 0.0631. The summed E-state index contributed by atoms with van der Waals surface area (Å²) >= 11 is 0. The lowest BCUT2D eigenvalue weighted by molar-refractivity contribution is -0.123. The fourth-order valence-corrected chi connectivity index (χ4v) is 3.97. The van der Waals surface area contributed by atoms with E-state index >= 15 is 0 Å². The lowest BCUT2D eigenvalue weighted by Gasteiger charge is -2.36. The van der Waals surface area contributed by atoms with E-state index in [1.807, 2.05) is 19.3 Å². The summed E-state index contributed by atoms with van der Waals surface area (Å²) in [5, 5.41) is 3.01. The van der Waals surface area contributed by atoms with Crippen LogP contribution in [-0.2, 0) is 24.8 Å². The van der Waals surface area contributed by atoms with Crippen molar-refractivity contribution in [2.75, 3.05) is 19.7 Å². The zero-order chi connectivity index (χ0) is 20.9. The first-order valence-corrected chi connectivity index (χ1v) is 10.2. The van der Waals surface area contributed by atoms with Gasteiger partial charge in [-0.05, 0) is 53.9 Å². The predicted octanol–water partition coefficient (Wildman–Crippen LogP) is 3.46. The van der Waals surface area contributed by atoms with Gasteiger partial charge < -0.3 is 14.6 Å². The van der Waals surface area contributed by atoms with E-state index in [-0.39, 0.29) is 24.4 Å². The fraction of sp³-hybridized carbons (Fsp3) is 0.292. The SMILES string of the molecule is Cn1cccc1C(CNC(=O)COc1ccc(F)cc1)N1CCc2ccccc2C1. The van der Waals surface area contributed by atoms with E-state index in [1.54, 1.807) is 0 Å². The quantitative estimate of drug-likeness (QED) is 0.653. The number of hydrogen-bond acceptors (Lipinski definition) is 3. The number of amides is 1. The largest absolute Gasteiger partial charge is 0.484 e. The maximum Gasteiger partial charge on any atom is 0.258 e. The topological polar surface area (TPSA) is 46.5 Å². The molecule has 0 saturated carbocycles. The molecule has 0 aliphatic carbocycles. The summed E-state index contributed by atoms with van der Waals surface area (Å²) in [5.74, 6) is -0.0607. The highest BCUT2D eigenvalue weighted by Gasteiger charge is 2.26. The van der Waals surface area contributed by atoms with Gasteiger partial charge in [0.2, 0.25) is 0 Å². The van der Waals surface area contributed by atoms with Crippen LogP contribution >= 0.6 is 0 Å². The van der Waals surface area contributed by atoms with Crippen molar-refractivity contribution in [2.24, 2.45) is 7.05 Å². The van der Waals surface area contributed by atoms with Gasteiger partial charge in [-0.1, -0.05) is 24.3 Å². The average molecular weight is 407 g/mol. The van der Waals surface area contributed by atoms with Crippen LogP contribution in [0.25, 0.3) is 0 Å². The van der Waals surface area contributed by atoms with E-state index in [1.165, 1.54) is 35.4 Å². The molecular formula is C24H26FN3O2. The summed E-state index contributed by atoms with van der Waals surface area (Å²) in [6, 6.07) is 18.4. The Morgan fingerprint density at radius 3 is 2.60 bits per heavy atom. The molecule has 1 amide bonds. The second-order valence-corrected chi connectivity index (χ2v) is 7.60. The minimum Gasteiger partial charge on any atom is -0.484 e. The first-order valence-electron chi connectivity index (χ1n) is 10.2. The van der Waals surface area contributed by atoms with E-state index in [9.17, 15) is 9.18 Å². The van der Waals surface area contributed by atoms with Gasteiger partial charge in [-0.15, -0.1) is 0 Å². The Labute approximate surface area is 176 Å². The normalized spacial score (nSPS) is 14.7. The molecule has 156 valence electrons. The third kappa shape index (κ3) is 4.71. The number of carbonyl (C=O) groups is 1. The number of rotatable bonds is 7. The van der Waals surface area contributed by atoms with Gasteiger partial charge in [0, 0.05) is 38.6 Å². The molecule has 2 aromatic carbocycles. The van der Waals surface area contributed by atoms with E-state index in [0.717, 1.165) is 25.2 Å². The Morgan fingerprint density at radius 1 is 1.10 bits per heavy atom. The molecule has 1 aliphatic rings. The third-order valence-electron chi connectivity index (χ3n) is 5.60. The number of benzene rings is 2. The van der Waals surface area contributed by atoms with Gasteiger partial charge in [-0.25, -0.2) is 4.39 Å². The molecule has 2 heterocycles. The summed E-state index contributed by atoms with van der Waals surface area (Å²) < 4.78 is 20.6. The molecule has 1 atom stereocenters. The maximum absolute atomic E-state index is 13.0. The summed E-state index contributed by atoms with van der Waals surface area (Å²) in [7, 11) is 2.03. The van der Waals surface area contributed by atoms with E-state index < -0.39 is 0 Å². The lowest BCUT2D eigenvalue weighted by Crippen LogP contribution is -2.42. The first-order chi connectivity index (χ1) is 14.6. The van der Waals surface area contributed by atoms with Crippen LogP contribution in [0.2, 0.25) is 0 Å². The zero-order valence-corrected chi connectivity index (χ0v) is 17.1. The van der Waals surface area contributed by atoms with Gasteiger partial charge in [0.25, 0.3) is 5.91 Å². The van der Waals surface area contributed by atoms with Crippen molar-refractivity contribution in [3.05, 3.63) is 89.5 Å². The fourth-order valence-electron chi connectivity index (χ4n) is 3.97. The van der Waals surface area contributed by atoms with Gasteiger partial charge in [0.1, 0.15) is 11.6 Å². The van der Waals surface area contributed by atoms with E-state index in [2.05, 4.69) is 45.1 Å². The van der Waals surface area contributed by atoms with Crippen LogP contribution in [0.4, 0.5) is 4.39 Å². The molecule has 0 saturated heterocycles. The molecule has 1 N–H and O–H groups in total. The standard InChI is InChI=1S/C24H26FN3O2/c1-27-13-4-7-22(27)23(28-14-12-18-5-2-3-6-19(18)16-28)15-26-24(29)17-30-21-10-8-20(25)9-11-21/h2-11,13,23H,12,14-17H2,1H3,(H,26,29). The van der Waals surface area contributed by atoms with Crippen molar-refractivity contribution in [3.8, 4) is 5.75 Å². The molecule has 0 spiro atoms. The Balaban J connectivity index is 1.40. The number of aromatic nitrogens is 1. The Morgan fingerprint density at radius 2 is 1.87 bits per heavy atom. The van der Waals surface area contributed by atoms with Crippen LogP contribution in [-0.4, -0.2) is 35.1 Å². The molecule has 1 aromatic heterocycles. The monoisotopic (exact) mass is 407 g/mol. The van der Waals surface area contributed by atoms with Crippen LogP contribution < -0.4 is 10.1 Å². The summed E-state index contributed by atoms with van der Waals surface area (Å²) in [6.45, 7) is 2.18. The van der Waals surface area contributed by atoms with Gasteiger partial charge in [0.15, 0.2) is 6.61 Å². The summed E-state index contributed by atoms with van der Waals surface area (Å²) in [6.07, 6.45) is 3.03. The van der Waals surface area contributed by atoms with Crippen LogP contribution in [0.1, 0.15) is 22.9 Å². The first kappa shape index (κ1) is 20.2. The van der Waals surface area contributed by atoms with Crippen molar-refractivity contribution in [2.45, 2.75) is 19.0 Å². The second kappa shape index (κ2) is 9.13. The number of carbonyl (C=O) groups excluding carboxylic acids is 1. The van der Waals surface area contributed by atoms with Crippen molar-refractivity contribution in [3.63, 3.8) is 0 Å². The van der Waals surface area contributed by atoms with Crippen molar-refractivity contribution >= 4 is 5.91 Å². The second-order valence-electron chi connectivity index (χ2n) is 7.60. The molecule has 3 aromatic rings. The molecule has 5 nitrogen and oxygen atoms in total. The highest BCUT2D eigenvalue weighted by Crippen LogP contribution is 2.27. The molecule has 1 unspecified atom stereocenters. The van der Waals surface area contributed by atoms with Crippen LogP contribution in [0, 0.1) is 5.82 Å². The number of ether oxygens (including phenoxy) is 1. The summed E-state index contributed by atoms with van der Waals surface area (Å²) in [4.78, 5) is 14.8. The highest BCUT2D eigenvalue weighted by atomic mass is 19.1. The predicted molar refractivity (Wildman–Crippen MR) is 114 cm³/mol. The van der Waals surface area contributed by atoms with Crippen molar-refractivity contribution in [1.29, 1.82) is 0 Å². The Bertz CT molecular complexity index is 1000. The number of nitrogens with one attached hydrogen (secondary N) is 1. The smallest absolute Gasteiger partial charge is 0.258 e. The Kier molecular flexibility index (Phi) is 6.14. The number of hydrogen-bond donors (Lipinski definition) is 1. The highest BCUT2D eigenvalue weighted by molar-refractivity contribution is 5.77. The molecule has 6 heteroatoms. The van der Waals surface area contributed by atoms with Gasteiger partial charge >= 0.3 is 0 Å². The third-order valence-corrected chi connectivity index (χ3v) is 5.60. The van der Waals surface area contributed by atoms with E-state index in [4.69, 9.17) is 4.74 Å². The average Bonchev–Trinajstić information content (AvgIpc) is 3.19. The van der Waals surface area contributed by atoms with Crippen molar-refractivity contribution < 1.29 is 13.9 Å². The number of fused-ring (bicyclic) bond motifs is 1. The van der Waals surface area contributed by atoms with Crippen LogP contribution in [0.3, 0.4) is 0 Å². The minimum atomic E-state index is -0.333. The number of halogens is 1. The zero-order valence-electron chi connectivity index (χ0n) is 17.1. The van der Waals surface area contributed by atoms with Gasteiger partial charge in [0.05, 0.1) is 6.04 Å². The maximum atomic E-state index is 13.0. The molecule has 1 aliphatic heterocycles. The van der Waals surface area contributed by atoms with Crippen LogP contribution in [0.5, 0.6) is 5.75 Å². The molecule has 0 bridgehead atoms. The van der Waals surface area contributed by atoms with Gasteiger partial charge in [-0.3, -0.25) is 9.69 Å². The molecule has 0 radical (unpaired) electrons. The number of nitrogens with zero attached hydrogens (tertiary/aromatic N) is 2. The molecule has 4 rings (SSSR count). The molecule has 0 fully saturated rings. The lowest BCUT2D eigenvalue weighted by atomic mass is 9.98. The Hall–Kier alpha value is -3.12. The molecular weight excluding hydrogens is 381 g/mol. The van der Waals surface area contributed by atoms with Gasteiger partial charge in [-0.2, -0.15) is 0 Å². The van der Waals surface area contributed by atoms with Crippen LogP contribution in [0.15, 0.2) is 66.9 Å². The van der Waals surface area contributed by atoms with E-state index in [0.29, 0.717) is 12.3 Å². The van der Waals surface area contributed by atoms with Crippen molar-refractivity contribution in [1.82, 2.24) is 14.8 Å². The summed E-state index contributed by atoms with van der Waals surface area (Å²) in [5.41, 5.74) is 3.90. The molecule has 30 heavy (non-hydrogen) atoms.